The normalized spacial score (nSPS) is 11.4. The molecular weight excluding hydrogens is 230 g/mol. The van der Waals surface area contributed by atoms with Crippen LogP contribution in [0, 0.1) is 10.1 Å². The fourth-order valence-electron chi connectivity index (χ4n) is 1.16. The van der Waals surface area contributed by atoms with Gasteiger partial charge in [-0.25, -0.2) is 4.98 Å². The Kier molecular flexibility index (Phi) is 4.19. The molecule has 1 aromatic heterocycles. The lowest BCUT2D eigenvalue weighted by Gasteiger charge is -2.24. The smallest absolute Gasteiger partial charge is 0.345 e. The van der Waals surface area contributed by atoms with E-state index in [9.17, 15) is 10.1 Å². The van der Waals surface area contributed by atoms with Gasteiger partial charge in [0, 0.05) is 13.2 Å². The summed E-state index contributed by atoms with van der Waals surface area (Å²) in [5.41, 5.74) is -0.310. The van der Waals surface area contributed by atoms with Crippen LogP contribution in [0.3, 0.4) is 0 Å². The third kappa shape index (κ3) is 3.74. The fraction of sp³-hybridized carbons (Fsp3) is 0.667. The van der Waals surface area contributed by atoms with Crippen molar-refractivity contribution in [2.45, 2.75) is 26.4 Å². The van der Waals surface area contributed by atoms with Gasteiger partial charge in [-0.3, -0.25) is 10.1 Å². The molecule has 16 heavy (non-hydrogen) atoms. The predicted octanol–water partition coefficient (Wildman–Crippen LogP) is 2.28. The van der Waals surface area contributed by atoms with Gasteiger partial charge in [-0.05, 0) is 32.1 Å². The zero-order valence-electron chi connectivity index (χ0n) is 9.52. The molecule has 0 atom stereocenters. The van der Waals surface area contributed by atoms with E-state index in [1.54, 1.807) is 0 Å². The number of rotatable bonds is 6. The van der Waals surface area contributed by atoms with Crippen LogP contribution >= 0.6 is 11.3 Å². The molecule has 1 N–H and O–H groups in total. The minimum Gasteiger partial charge on any atom is -0.374 e. The highest BCUT2D eigenvalue weighted by Crippen LogP contribution is 2.25. The molecule has 0 radical (unpaired) electrons. The van der Waals surface area contributed by atoms with E-state index >= 15 is 0 Å². The van der Waals surface area contributed by atoms with Crippen molar-refractivity contribution in [3.05, 3.63) is 16.3 Å². The Morgan fingerprint density at radius 1 is 1.69 bits per heavy atom. The van der Waals surface area contributed by atoms with Gasteiger partial charge in [0.15, 0.2) is 5.13 Å². The summed E-state index contributed by atoms with van der Waals surface area (Å²) in [6, 6.07) is 0. The van der Waals surface area contributed by atoms with E-state index in [4.69, 9.17) is 4.74 Å². The summed E-state index contributed by atoms with van der Waals surface area (Å²) in [5, 5.41) is 14.0. The Morgan fingerprint density at radius 3 is 2.88 bits per heavy atom. The average Bonchev–Trinajstić information content (AvgIpc) is 2.63. The van der Waals surface area contributed by atoms with Crippen molar-refractivity contribution in [1.82, 2.24) is 4.98 Å². The van der Waals surface area contributed by atoms with Crippen LogP contribution in [0.15, 0.2) is 6.20 Å². The van der Waals surface area contributed by atoms with Crippen LogP contribution < -0.4 is 5.32 Å². The number of nitro groups is 1. The molecule has 0 spiro atoms. The molecular formula is C9H15N3O3S. The van der Waals surface area contributed by atoms with Crippen molar-refractivity contribution in [3.8, 4) is 0 Å². The fourth-order valence-corrected chi connectivity index (χ4v) is 1.79. The maximum absolute atomic E-state index is 10.4. The van der Waals surface area contributed by atoms with Crippen molar-refractivity contribution in [2.75, 3.05) is 18.5 Å². The van der Waals surface area contributed by atoms with Gasteiger partial charge in [0.05, 0.1) is 10.5 Å². The zero-order valence-corrected chi connectivity index (χ0v) is 10.3. The molecule has 1 rings (SSSR count). The summed E-state index contributed by atoms with van der Waals surface area (Å²) in [6.45, 7) is 7.02. The number of hydrogen-bond donors (Lipinski definition) is 1. The van der Waals surface area contributed by atoms with Crippen molar-refractivity contribution in [1.29, 1.82) is 0 Å². The predicted molar refractivity (Wildman–Crippen MR) is 63.0 cm³/mol. The zero-order chi connectivity index (χ0) is 12.2. The van der Waals surface area contributed by atoms with Crippen molar-refractivity contribution in [2.24, 2.45) is 0 Å². The van der Waals surface area contributed by atoms with Gasteiger partial charge in [-0.2, -0.15) is 0 Å². The van der Waals surface area contributed by atoms with E-state index in [1.165, 1.54) is 6.20 Å². The number of ether oxygens (including phenoxy) is 1. The first-order chi connectivity index (χ1) is 7.44. The highest BCUT2D eigenvalue weighted by atomic mass is 32.1. The lowest BCUT2D eigenvalue weighted by molar-refractivity contribution is -0.380. The first-order valence-corrected chi connectivity index (χ1v) is 5.74. The van der Waals surface area contributed by atoms with Gasteiger partial charge >= 0.3 is 5.00 Å². The highest BCUT2D eigenvalue weighted by Gasteiger charge is 2.19. The van der Waals surface area contributed by atoms with Crippen LogP contribution in [0.2, 0.25) is 0 Å². The Hall–Kier alpha value is -1.21. The number of aromatic nitrogens is 1. The van der Waals surface area contributed by atoms with E-state index in [1.807, 2.05) is 20.8 Å². The molecule has 0 unspecified atom stereocenters. The van der Waals surface area contributed by atoms with E-state index in [0.29, 0.717) is 18.3 Å². The highest BCUT2D eigenvalue weighted by molar-refractivity contribution is 7.18. The van der Waals surface area contributed by atoms with Gasteiger partial charge in [-0.15, -0.1) is 0 Å². The van der Waals surface area contributed by atoms with Crippen LogP contribution in [0.5, 0.6) is 0 Å². The first kappa shape index (κ1) is 12.9. The van der Waals surface area contributed by atoms with Crippen molar-refractivity contribution >= 4 is 21.5 Å². The number of hydrogen-bond acceptors (Lipinski definition) is 6. The standard InChI is InChI=1S/C9H15N3O3S/c1-4-15-9(2,3)6-11-8-10-5-7(16-8)12(13)14/h5H,4,6H2,1-3H3,(H,10,11). The number of thiazole rings is 1. The van der Waals surface area contributed by atoms with Gasteiger partial charge < -0.3 is 10.1 Å². The van der Waals surface area contributed by atoms with E-state index in [0.717, 1.165) is 11.3 Å². The number of anilines is 1. The second-order valence-corrected chi connectivity index (χ2v) is 4.82. The molecule has 1 heterocycles. The van der Waals surface area contributed by atoms with Crippen molar-refractivity contribution in [3.63, 3.8) is 0 Å². The molecule has 0 bridgehead atoms. The molecule has 0 aliphatic carbocycles. The molecule has 0 amide bonds. The second-order valence-electron chi connectivity index (χ2n) is 3.81. The lowest BCUT2D eigenvalue weighted by Crippen LogP contribution is -2.33. The molecule has 0 saturated carbocycles. The monoisotopic (exact) mass is 245 g/mol. The molecule has 0 saturated heterocycles. The molecule has 0 aromatic carbocycles. The topological polar surface area (TPSA) is 77.3 Å². The summed E-state index contributed by atoms with van der Waals surface area (Å²) in [4.78, 5) is 13.9. The molecule has 7 heteroatoms. The van der Waals surface area contributed by atoms with E-state index in [-0.39, 0.29) is 10.6 Å². The summed E-state index contributed by atoms with van der Waals surface area (Å²) < 4.78 is 5.49. The van der Waals surface area contributed by atoms with Gasteiger partial charge in [0.1, 0.15) is 6.20 Å². The molecule has 0 aliphatic heterocycles. The van der Waals surface area contributed by atoms with Gasteiger partial charge in [0.25, 0.3) is 0 Å². The Balaban J connectivity index is 2.51. The van der Waals surface area contributed by atoms with Crippen molar-refractivity contribution < 1.29 is 9.66 Å². The summed E-state index contributed by atoms with van der Waals surface area (Å²) >= 11 is 1.02. The van der Waals surface area contributed by atoms with E-state index in [2.05, 4.69) is 10.3 Å². The van der Waals surface area contributed by atoms with Gasteiger partial charge in [-0.1, -0.05) is 0 Å². The quantitative estimate of drug-likeness (QED) is 0.614. The van der Waals surface area contributed by atoms with E-state index < -0.39 is 4.92 Å². The summed E-state index contributed by atoms with van der Waals surface area (Å²) in [6.07, 6.45) is 1.25. The molecule has 1 aromatic rings. The molecule has 0 fully saturated rings. The Morgan fingerprint density at radius 2 is 2.38 bits per heavy atom. The van der Waals surface area contributed by atoms with Crippen LogP contribution in [-0.2, 0) is 4.74 Å². The maximum Gasteiger partial charge on any atom is 0.345 e. The third-order valence-corrected chi connectivity index (χ3v) is 2.78. The minimum absolute atomic E-state index is 0.0386. The molecule has 0 aliphatic rings. The molecule has 6 nitrogen and oxygen atoms in total. The Labute approximate surface area is 97.8 Å². The average molecular weight is 245 g/mol. The third-order valence-electron chi connectivity index (χ3n) is 1.87. The van der Waals surface area contributed by atoms with Crippen LogP contribution in [0.25, 0.3) is 0 Å². The Bertz CT molecular complexity index is 365. The number of nitrogens with one attached hydrogen (secondary N) is 1. The minimum atomic E-state index is -0.448. The van der Waals surface area contributed by atoms with Crippen LogP contribution in [0.1, 0.15) is 20.8 Å². The lowest BCUT2D eigenvalue weighted by atomic mass is 10.1. The van der Waals surface area contributed by atoms with Crippen LogP contribution in [-0.4, -0.2) is 28.7 Å². The molecule has 90 valence electrons. The largest absolute Gasteiger partial charge is 0.374 e. The SMILES string of the molecule is CCOC(C)(C)CNc1ncc([N+](=O)[O-])s1. The second kappa shape index (κ2) is 5.22. The summed E-state index contributed by atoms with van der Waals surface area (Å²) in [5.74, 6) is 0. The maximum atomic E-state index is 10.4. The van der Waals surface area contributed by atoms with Gasteiger partial charge in [0.2, 0.25) is 0 Å². The first-order valence-electron chi connectivity index (χ1n) is 4.92. The van der Waals surface area contributed by atoms with Crippen LogP contribution in [0.4, 0.5) is 10.1 Å². The number of nitrogens with zero attached hydrogens (tertiary/aromatic N) is 2. The summed E-state index contributed by atoms with van der Waals surface area (Å²) in [7, 11) is 0.